The molecule has 142 valence electrons. The number of halogens is 2. The van der Waals surface area contributed by atoms with Crippen molar-refractivity contribution < 1.29 is 19.1 Å². The van der Waals surface area contributed by atoms with Gasteiger partial charge in [0.25, 0.3) is 11.8 Å². The second-order valence-corrected chi connectivity index (χ2v) is 6.03. The van der Waals surface area contributed by atoms with Gasteiger partial charge in [0.05, 0.1) is 37.6 Å². The van der Waals surface area contributed by atoms with Crippen LogP contribution in [-0.2, 0) is 4.79 Å². The van der Waals surface area contributed by atoms with Crippen molar-refractivity contribution in [2.75, 3.05) is 20.8 Å². The first-order valence-corrected chi connectivity index (χ1v) is 8.48. The maximum Gasteiger partial charge on any atom is 0.259 e. The van der Waals surface area contributed by atoms with Gasteiger partial charge < -0.3 is 14.8 Å². The van der Waals surface area contributed by atoms with E-state index in [0.29, 0.717) is 22.1 Å². The van der Waals surface area contributed by atoms with Crippen molar-refractivity contribution in [2.24, 2.45) is 5.10 Å². The third-order valence-electron chi connectivity index (χ3n) is 3.41. The summed E-state index contributed by atoms with van der Waals surface area (Å²) in [5.41, 5.74) is 3.16. The molecule has 0 saturated heterocycles. The van der Waals surface area contributed by atoms with Gasteiger partial charge in [0.15, 0.2) is 11.5 Å². The molecule has 0 bridgehead atoms. The minimum atomic E-state index is -0.508. The molecule has 7 nitrogen and oxygen atoms in total. The minimum absolute atomic E-state index is 0.198. The Morgan fingerprint density at radius 1 is 1.15 bits per heavy atom. The Morgan fingerprint density at radius 3 is 2.59 bits per heavy atom. The fraction of sp³-hybridized carbons (Fsp3) is 0.167. The number of para-hydroxylation sites is 1. The van der Waals surface area contributed by atoms with Crippen molar-refractivity contribution >= 4 is 41.2 Å². The molecule has 2 aromatic carbocycles. The minimum Gasteiger partial charge on any atom is -0.493 e. The molecule has 2 aromatic rings. The molecule has 2 N–H and O–H groups in total. The van der Waals surface area contributed by atoms with E-state index >= 15 is 0 Å². The van der Waals surface area contributed by atoms with Gasteiger partial charge >= 0.3 is 0 Å². The summed E-state index contributed by atoms with van der Waals surface area (Å²) in [4.78, 5) is 23.9. The first-order valence-electron chi connectivity index (χ1n) is 7.72. The molecule has 0 atom stereocenters. The molecule has 2 rings (SSSR count). The fourth-order valence-corrected chi connectivity index (χ4v) is 2.65. The number of hydrazone groups is 1. The average molecular weight is 410 g/mol. The third-order valence-corrected chi connectivity index (χ3v) is 3.96. The van der Waals surface area contributed by atoms with Crippen LogP contribution in [0.2, 0.25) is 10.0 Å². The van der Waals surface area contributed by atoms with Crippen LogP contribution in [0.25, 0.3) is 0 Å². The van der Waals surface area contributed by atoms with Crippen molar-refractivity contribution in [3.05, 3.63) is 57.6 Å². The average Bonchev–Trinajstić information content (AvgIpc) is 2.65. The maximum atomic E-state index is 12.0. The Morgan fingerprint density at radius 2 is 1.93 bits per heavy atom. The van der Waals surface area contributed by atoms with Gasteiger partial charge in [-0.2, -0.15) is 5.10 Å². The summed E-state index contributed by atoms with van der Waals surface area (Å²) < 4.78 is 10.5. The molecule has 0 heterocycles. The number of methoxy groups -OCH3 is 2. The van der Waals surface area contributed by atoms with E-state index in [2.05, 4.69) is 15.8 Å². The number of amides is 2. The second kappa shape index (κ2) is 9.80. The molecule has 0 aliphatic carbocycles. The number of benzene rings is 2. The number of rotatable bonds is 7. The van der Waals surface area contributed by atoms with Gasteiger partial charge in [-0.3, -0.25) is 9.59 Å². The van der Waals surface area contributed by atoms with Crippen LogP contribution in [-0.4, -0.2) is 38.8 Å². The van der Waals surface area contributed by atoms with E-state index in [-0.39, 0.29) is 17.1 Å². The first kappa shape index (κ1) is 20.5. The van der Waals surface area contributed by atoms with Gasteiger partial charge in [-0.25, -0.2) is 5.43 Å². The van der Waals surface area contributed by atoms with Crippen LogP contribution in [0.5, 0.6) is 11.5 Å². The zero-order valence-corrected chi connectivity index (χ0v) is 16.1. The van der Waals surface area contributed by atoms with Crippen molar-refractivity contribution in [2.45, 2.75) is 0 Å². The number of hydrogen-bond donors (Lipinski definition) is 2. The van der Waals surface area contributed by atoms with Gasteiger partial charge in [-0.15, -0.1) is 0 Å². The normalized spacial score (nSPS) is 10.5. The van der Waals surface area contributed by atoms with Crippen LogP contribution in [0.15, 0.2) is 41.5 Å². The zero-order valence-electron chi connectivity index (χ0n) is 14.6. The summed E-state index contributed by atoms with van der Waals surface area (Å²) in [6.45, 7) is -0.273. The fourth-order valence-electron chi connectivity index (χ4n) is 2.16. The number of carbonyl (C=O) groups is 2. The van der Waals surface area contributed by atoms with Gasteiger partial charge in [0.2, 0.25) is 0 Å². The molecule has 0 aliphatic heterocycles. The molecule has 0 aromatic heterocycles. The monoisotopic (exact) mass is 409 g/mol. The van der Waals surface area contributed by atoms with E-state index in [0.717, 1.165) is 0 Å². The van der Waals surface area contributed by atoms with Crippen LogP contribution >= 0.6 is 23.2 Å². The molecule has 0 aliphatic rings. The molecule has 0 radical (unpaired) electrons. The van der Waals surface area contributed by atoms with E-state index in [1.807, 2.05) is 0 Å². The summed E-state index contributed by atoms with van der Waals surface area (Å²) in [6.07, 6.45) is 1.41. The molecule has 0 saturated carbocycles. The smallest absolute Gasteiger partial charge is 0.259 e. The topological polar surface area (TPSA) is 89.0 Å². The lowest BCUT2D eigenvalue weighted by molar-refractivity contribution is -0.120. The third kappa shape index (κ3) is 5.60. The Bertz CT molecular complexity index is 872. The first-order chi connectivity index (χ1) is 13.0. The number of nitrogens with one attached hydrogen (secondary N) is 2. The highest BCUT2D eigenvalue weighted by Gasteiger charge is 2.12. The zero-order chi connectivity index (χ0) is 19.8. The SMILES string of the molecule is COc1cccc(/C=N\NC(=O)CNC(=O)c2ccc(Cl)cc2Cl)c1OC. The Hall–Kier alpha value is -2.77. The highest BCUT2D eigenvalue weighted by Crippen LogP contribution is 2.29. The summed E-state index contributed by atoms with van der Waals surface area (Å²) >= 11 is 11.7. The summed E-state index contributed by atoms with van der Waals surface area (Å²) in [5, 5.41) is 6.91. The van der Waals surface area contributed by atoms with Crippen molar-refractivity contribution in [3.63, 3.8) is 0 Å². The van der Waals surface area contributed by atoms with E-state index < -0.39 is 11.8 Å². The Balaban J connectivity index is 1.91. The largest absolute Gasteiger partial charge is 0.493 e. The van der Waals surface area contributed by atoms with Gasteiger partial charge in [0, 0.05) is 10.6 Å². The van der Waals surface area contributed by atoms with Crippen LogP contribution in [0.1, 0.15) is 15.9 Å². The van der Waals surface area contributed by atoms with Crippen molar-refractivity contribution in [1.82, 2.24) is 10.7 Å². The number of hydrogen-bond acceptors (Lipinski definition) is 5. The van der Waals surface area contributed by atoms with Crippen LogP contribution in [0.3, 0.4) is 0 Å². The quantitative estimate of drug-likeness (QED) is 0.543. The molecular weight excluding hydrogens is 393 g/mol. The molecule has 9 heteroatoms. The van der Waals surface area contributed by atoms with E-state index in [9.17, 15) is 9.59 Å². The number of ether oxygens (including phenoxy) is 2. The van der Waals surface area contributed by atoms with Crippen molar-refractivity contribution in [1.29, 1.82) is 0 Å². The second-order valence-electron chi connectivity index (χ2n) is 5.18. The molecule has 27 heavy (non-hydrogen) atoms. The number of nitrogens with zero attached hydrogens (tertiary/aromatic N) is 1. The van der Waals surface area contributed by atoms with Gasteiger partial charge in [-0.05, 0) is 30.3 Å². The summed E-state index contributed by atoms with van der Waals surface area (Å²) in [6, 6.07) is 9.72. The summed E-state index contributed by atoms with van der Waals surface area (Å²) in [5.74, 6) is 0.0281. The lowest BCUT2D eigenvalue weighted by atomic mass is 10.2. The molecule has 0 fully saturated rings. The molecule has 0 spiro atoms. The predicted octanol–water partition coefficient (Wildman–Crippen LogP) is 2.89. The van der Waals surface area contributed by atoms with Gasteiger partial charge in [0.1, 0.15) is 0 Å². The molecular formula is C18H17Cl2N3O4. The molecule has 2 amide bonds. The van der Waals surface area contributed by atoms with E-state index in [1.165, 1.54) is 38.6 Å². The van der Waals surface area contributed by atoms with Crippen LogP contribution < -0.4 is 20.2 Å². The lowest BCUT2D eigenvalue weighted by Gasteiger charge is -2.09. The highest BCUT2D eigenvalue weighted by molar-refractivity contribution is 6.36. The van der Waals surface area contributed by atoms with Crippen LogP contribution in [0.4, 0.5) is 0 Å². The Labute approximate surface area is 166 Å². The van der Waals surface area contributed by atoms with E-state index in [4.69, 9.17) is 32.7 Å². The lowest BCUT2D eigenvalue weighted by Crippen LogP contribution is -2.35. The van der Waals surface area contributed by atoms with Crippen LogP contribution in [0, 0.1) is 0 Å². The Kier molecular flexibility index (Phi) is 7.45. The highest BCUT2D eigenvalue weighted by atomic mass is 35.5. The predicted molar refractivity (Wildman–Crippen MR) is 104 cm³/mol. The van der Waals surface area contributed by atoms with Crippen molar-refractivity contribution in [3.8, 4) is 11.5 Å². The maximum absolute atomic E-state index is 12.0. The number of carbonyl (C=O) groups excluding carboxylic acids is 2. The van der Waals surface area contributed by atoms with Gasteiger partial charge in [-0.1, -0.05) is 29.3 Å². The standard InChI is InChI=1S/C18H17Cl2N3O4/c1-26-15-5-3-4-11(17(15)27-2)9-22-23-16(24)10-21-18(25)13-7-6-12(19)8-14(13)20/h3-9H,10H2,1-2H3,(H,21,25)(H,23,24)/b22-9-. The van der Waals surface area contributed by atoms with E-state index in [1.54, 1.807) is 18.2 Å². The molecule has 0 unspecified atom stereocenters. The summed E-state index contributed by atoms with van der Waals surface area (Å²) in [7, 11) is 3.03.